The highest BCUT2D eigenvalue weighted by Crippen LogP contribution is 2.14. The maximum Gasteiger partial charge on any atom is 0.220 e. The first-order valence-electron chi connectivity index (χ1n) is 14.8. The average molecular weight is 466 g/mol. The predicted molar refractivity (Wildman–Crippen MR) is 148 cm³/mol. The molecule has 0 radical (unpaired) electrons. The molecule has 0 aliphatic rings. The van der Waals surface area contributed by atoms with Gasteiger partial charge in [-0.3, -0.25) is 4.79 Å². The SMILES string of the molecule is C=CC[N+](CC)(CC)CCCC(C)NC(=O)CCCCCCCCCCCCCCCCC. The van der Waals surface area contributed by atoms with E-state index in [9.17, 15) is 4.79 Å². The Morgan fingerprint density at radius 1 is 0.758 bits per heavy atom. The van der Waals surface area contributed by atoms with Gasteiger partial charge in [0.2, 0.25) is 5.91 Å². The second-order valence-electron chi connectivity index (χ2n) is 10.5. The quantitative estimate of drug-likeness (QED) is 0.0816. The van der Waals surface area contributed by atoms with Crippen LogP contribution in [-0.4, -0.2) is 42.6 Å². The molecule has 33 heavy (non-hydrogen) atoms. The highest BCUT2D eigenvalue weighted by molar-refractivity contribution is 5.76. The lowest BCUT2D eigenvalue weighted by Gasteiger charge is -2.36. The molecule has 0 bridgehead atoms. The monoisotopic (exact) mass is 465 g/mol. The van der Waals surface area contributed by atoms with Gasteiger partial charge in [-0.25, -0.2) is 0 Å². The van der Waals surface area contributed by atoms with Crippen LogP contribution in [0, 0.1) is 0 Å². The maximum atomic E-state index is 12.2. The number of carbonyl (C=O) groups is 1. The van der Waals surface area contributed by atoms with Crippen LogP contribution in [0.1, 0.15) is 143 Å². The van der Waals surface area contributed by atoms with Crippen LogP contribution in [0.25, 0.3) is 0 Å². The third kappa shape index (κ3) is 19.2. The van der Waals surface area contributed by atoms with Crippen molar-refractivity contribution in [1.29, 1.82) is 0 Å². The predicted octanol–water partition coefficient (Wildman–Crippen LogP) is 8.58. The summed E-state index contributed by atoms with van der Waals surface area (Å²) in [6, 6.07) is 0.285. The van der Waals surface area contributed by atoms with E-state index in [1.165, 1.54) is 96.4 Å². The van der Waals surface area contributed by atoms with E-state index in [0.29, 0.717) is 6.42 Å². The molecule has 0 rings (SSSR count). The number of unbranched alkanes of at least 4 members (excludes halogenated alkanes) is 14. The smallest absolute Gasteiger partial charge is 0.220 e. The molecule has 0 aromatic heterocycles. The Bertz CT molecular complexity index is 445. The molecule has 0 saturated heterocycles. The Kier molecular flexibility index (Phi) is 22.4. The lowest BCUT2D eigenvalue weighted by molar-refractivity contribution is -0.919. The molecule has 196 valence electrons. The summed E-state index contributed by atoms with van der Waals surface area (Å²) >= 11 is 0. The van der Waals surface area contributed by atoms with Gasteiger partial charge < -0.3 is 9.80 Å². The van der Waals surface area contributed by atoms with Gasteiger partial charge in [-0.15, -0.1) is 0 Å². The number of nitrogens with zero attached hydrogens (tertiary/aromatic N) is 1. The van der Waals surface area contributed by atoms with Crippen LogP contribution in [-0.2, 0) is 4.79 Å². The minimum Gasteiger partial charge on any atom is -0.354 e. The summed E-state index contributed by atoms with van der Waals surface area (Å²) in [4.78, 5) is 12.2. The van der Waals surface area contributed by atoms with E-state index in [0.717, 1.165) is 43.4 Å². The maximum absolute atomic E-state index is 12.2. The number of quaternary nitrogens is 1. The van der Waals surface area contributed by atoms with Crippen molar-refractivity contribution < 1.29 is 9.28 Å². The van der Waals surface area contributed by atoms with Gasteiger partial charge in [-0.2, -0.15) is 0 Å². The molecule has 0 aromatic carbocycles. The van der Waals surface area contributed by atoms with Gasteiger partial charge >= 0.3 is 0 Å². The number of likely N-dealkylation sites (N-methyl/N-ethyl adjacent to an activating group) is 1. The Morgan fingerprint density at radius 3 is 1.64 bits per heavy atom. The van der Waals surface area contributed by atoms with Crippen molar-refractivity contribution >= 4 is 5.91 Å². The normalized spacial score (nSPS) is 12.6. The van der Waals surface area contributed by atoms with E-state index in [2.05, 4.69) is 45.7 Å². The molecule has 0 aromatic rings. The lowest BCUT2D eigenvalue weighted by atomic mass is 10.0. The molecule has 3 heteroatoms. The third-order valence-corrected chi connectivity index (χ3v) is 7.54. The number of amides is 1. The van der Waals surface area contributed by atoms with Crippen LogP contribution < -0.4 is 5.32 Å². The number of carbonyl (C=O) groups excluding carboxylic acids is 1. The molecule has 0 aliphatic heterocycles. The summed E-state index contributed by atoms with van der Waals surface area (Å²) in [6.45, 7) is 17.5. The summed E-state index contributed by atoms with van der Waals surface area (Å²) in [7, 11) is 0. The van der Waals surface area contributed by atoms with Gasteiger partial charge in [0.05, 0.1) is 26.2 Å². The highest BCUT2D eigenvalue weighted by Gasteiger charge is 2.21. The van der Waals surface area contributed by atoms with Crippen LogP contribution in [0.5, 0.6) is 0 Å². The molecule has 0 aliphatic carbocycles. The molecule has 0 spiro atoms. The van der Waals surface area contributed by atoms with Crippen LogP contribution in [0.15, 0.2) is 12.7 Å². The molecular formula is C30H61N2O+. The standard InChI is InChI=1S/C30H60N2O/c1-6-10-11-12-13-14-15-16-17-18-19-20-21-22-23-26-30(33)31-29(5)25-24-28-32(8-3,9-4)27-7-2/h7,29H,2,6,8-28H2,1,3-5H3/p+1. The largest absolute Gasteiger partial charge is 0.354 e. The summed E-state index contributed by atoms with van der Waals surface area (Å²) in [5, 5.41) is 3.22. The first-order chi connectivity index (χ1) is 16.0. The van der Waals surface area contributed by atoms with Crippen molar-refractivity contribution in [2.45, 2.75) is 149 Å². The van der Waals surface area contributed by atoms with Gasteiger partial charge in [-0.05, 0) is 46.1 Å². The zero-order chi connectivity index (χ0) is 24.6. The molecule has 1 atom stereocenters. The number of hydrogen-bond acceptors (Lipinski definition) is 1. The number of hydrogen-bond donors (Lipinski definition) is 1. The minimum absolute atomic E-state index is 0.245. The second kappa shape index (κ2) is 22.9. The van der Waals surface area contributed by atoms with Crippen molar-refractivity contribution in [2.75, 3.05) is 26.2 Å². The first-order valence-corrected chi connectivity index (χ1v) is 14.8. The number of nitrogens with one attached hydrogen (secondary N) is 1. The minimum atomic E-state index is 0.245. The van der Waals surface area contributed by atoms with Gasteiger partial charge in [-0.1, -0.05) is 103 Å². The Hall–Kier alpha value is -0.830. The fraction of sp³-hybridized carbons (Fsp3) is 0.900. The molecular weight excluding hydrogens is 404 g/mol. The molecule has 0 saturated carbocycles. The highest BCUT2D eigenvalue weighted by atomic mass is 16.1. The summed E-state index contributed by atoms with van der Waals surface area (Å²) in [5.74, 6) is 0.245. The van der Waals surface area contributed by atoms with Crippen molar-refractivity contribution in [2.24, 2.45) is 0 Å². The Labute approximate surface area is 208 Å². The molecule has 1 unspecified atom stereocenters. The lowest BCUT2D eigenvalue weighted by Crippen LogP contribution is -2.48. The second-order valence-corrected chi connectivity index (χ2v) is 10.5. The van der Waals surface area contributed by atoms with Crippen LogP contribution in [0.4, 0.5) is 0 Å². The molecule has 1 amide bonds. The van der Waals surface area contributed by atoms with Crippen molar-refractivity contribution in [3.8, 4) is 0 Å². The van der Waals surface area contributed by atoms with Crippen LogP contribution in [0.3, 0.4) is 0 Å². The molecule has 0 fully saturated rings. The fourth-order valence-corrected chi connectivity index (χ4v) is 4.97. The van der Waals surface area contributed by atoms with Gasteiger partial charge in [0.1, 0.15) is 0 Å². The summed E-state index contributed by atoms with van der Waals surface area (Å²) in [6.07, 6.45) is 25.4. The Morgan fingerprint density at radius 2 is 1.21 bits per heavy atom. The fourth-order valence-electron chi connectivity index (χ4n) is 4.97. The van der Waals surface area contributed by atoms with Crippen molar-refractivity contribution in [1.82, 2.24) is 5.32 Å². The van der Waals surface area contributed by atoms with E-state index < -0.39 is 0 Å². The average Bonchev–Trinajstić information content (AvgIpc) is 2.81. The summed E-state index contributed by atoms with van der Waals surface area (Å²) in [5.41, 5.74) is 0. The van der Waals surface area contributed by atoms with E-state index in [-0.39, 0.29) is 11.9 Å². The van der Waals surface area contributed by atoms with Gasteiger partial charge in [0.15, 0.2) is 0 Å². The number of rotatable bonds is 25. The third-order valence-electron chi connectivity index (χ3n) is 7.54. The van der Waals surface area contributed by atoms with Crippen LogP contribution >= 0.6 is 0 Å². The van der Waals surface area contributed by atoms with E-state index >= 15 is 0 Å². The topological polar surface area (TPSA) is 29.1 Å². The zero-order valence-electron chi connectivity index (χ0n) is 23.3. The zero-order valence-corrected chi connectivity index (χ0v) is 23.3. The molecule has 0 heterocycles. The van der Waals surface area contributed by atoms with E-state index in [1.807, 2.05) is 0 Å². The summed E-state index contributed by atoms with van der Waals surface area (Å²) < 4.78 is 1.11. The van der Waals surface area contributed by atoms with Gasteiger partial charge in [0, 0.05) is 12.5 Å². The Balaban J connectivity index is 3.53. The molecule has 3 nitrogen and oxygen atoms in total. The van der Waals surface area contributed by atoms with Crippen molar-refractivity contribution in [3.05, 3.63) is 12.7 Å². The van der Waals surface area contributed by atoms with Crippen LogP contribution in [0.2, 0.25) is 0 Å². The first kappa shape index (κ1) is 32.2. The van der Waals surface area contributed by atoms with E-state index in [4.69, 9.17) is 0 Å². The molecule has 1 N–H and O–H groups in total. The van der Waals surface area contributed by atoms with Crippen molar-refractivity contribution in [3.63, 3.8) is 0 Å². The van der Waals surface area contributed by atoms with E-state index in [1.54, 1.807) is 0 Å². The van der Waals surface area contributed by atoms with Gasteiger partial charge in [0.25, 0.3) is 0 Å².